The molecule has 170 valence electrons. The van der Waals surface area contributed by atoms with E-state index < -0.39 is 0 Å². The molecule has 5 rings (SSSR count). The number of aromatic amines is 1. The van der Waals surface area contributed by atoms with Crippen LogP contribution < -0.4 is 5.56 Å². The molecular weight excluding hydrogens is 426 g/mol. The lowest BCUT2D eigenvalue weighted by molar-refractivity contribution is -0.134. The van der Waals surface area contributed by atoms with Crippen molar-refractivity contribution in [2.45, 2.75) is 58.9 Å². The fourth-order valence-corrected chi connectivity index (χ4v) is 6.41. The normalized spacial score (nSPS) is 18.2. The molecule has 9 heteroatoms. The number of hydrogen-bond donors (Lipinski definition) is 1. The van der Waals surface area contributed by atoms with Gasteiger partial charge in [-0.3, -0.25) is 14.5 Å². The van der Waals surface area contributed by atoms with E-state index in [0.29, 0.717) is 31.2 Å². The van der Waals surface area contributed by atoms with E-state index in [1.165, 1.54) is 16.9 Å². The summed E-state index contributed by atoms with van der Waals surface area (Å²) < 4.78 is 5.24. The first-order chi connectivity index (χ1) is 15.4. The summed E-state index contributed by atoms with van der Waals surface area (Å²) >= 11 is 1.68. The van der Waals surface area contributed by atoms with Gasteiger partial charge in [0, 0.05) is 36.6 Å². The zero-order valence-electron chi connectivity index (χ0n) is 18.9. The second-order valence-corrected chi connectivity index (χ2v) is 10.0. The van der Waals surface area contributed by atoms with E-state index in [2.05, 4.69) is 15.0 Å². The number of rotatable bonds is 4. The molecule has 0 spiro atoms. The highest BCUT2D eigenvalue weighted by molar-refractivity contribution is 7.18. The molecule has 1 unspecified atom stereocenters. The van der Waals surface area contributed by atoms with Crippen molar-refractivity contribution in [3.63, 3.8) is 0 Å². The number of carbonyl (C=O) groups excluding carboxylic acids is 1. The molecule has 2 aliphatic rings. The van der Waals surface area contributed by atoms with Crippen LogP contribution in [0.25, 0.3) is 10.2 Å². The Morgan fingerprint density at radius 3 is 2.66 bits per heavy atom. The number of piperazine rings is 1. The van der Waals surface area contributed by atoms with Crippen molar-refractivity contribution in [1.29, 1.82) is 0 Å². The topological polar surface area (TPSA) is 95.3 Å². The molecule has 1 atom stereocenters. The maximum Gasteiger partial charge on any atom is 0.259 e. The highest BCUT2D eigenvalue weighted by Crippen LogP contribution is 2.33. The van der Waals surface area contributed by atoms with Crippen molar-refractivity contribution in [1.82, 2.24) is 24.9 Å². The van der Waals surface area contributed by atoms with E-state index in [1.54, 1.807) is 11.3 Å². The third kappa shape index (κ3) is 3.77. The van der Waals surface area contributed by atoms with Crippen LogP contribution in [-0.2, 0) is 24.2 Å². The van der Waals surface area contributed by atoms with Crippen LogP contribution in [0.15, 0.2) is 9.32 Å². The number of amides is 1. The maximum absolute atomic E-state index is 13.0. The van der Waals surface area contributed by atoms with Gasteiger partial charge in [0.2, 0.25) is 5.91 Å². The van der Waals surface area contributed by atoms with E-state index in [9.17, 15) is 9.59 Å². The Kier molecular flexibility index (Phi) is 5.63. The molecule has 3 aromatic heterocycles. The molecule has 0 bridgehead atoms. The van der Waals surface area contributed by atoms with Crippen LogP contribution in [0.4, 0.5) is 0 Å². The van der Waals surface area contributed by atoms with E-state index in [4.69, 9.17) is 9.51 Å². The Morgan fingerprint density at radius 2 is 1.94 bits per heavy atom. The van der Waals surface area contributed by atoms with Gasteiger partial charge in [0.15, 0.2) is 0 Å². The summed E-state index contributed by atoms with van der Waals surface area (Å²) in [5.41, 5.74) is 2.89. The van der Waals surface area contributed by atoms with Crippen molar-refractivity contribution < 1.29 is 9.32 Å². The third-order valence-electron chi connectivity index (χ3n) is 6.82. The molecule has 0 saturated carbocycles. The van der Waals surface area contributed by atoms with Gasteiger partial charge in [-0.2, -0.15) is 0 Å². The van der Waals surface area contributed by atoms with Crippen LogP contribution in [0.1, 0.15) is 59.0 Å². The molecule has 32 heavy (non-hydrogen) atoms. The van der Waals surface area contributed by atoms with E-state index in [-0.39, 0.29) is 17.4 Å². The average Bonchev–Trinajstić information content (AvgIpc) is 3.32. The highest BCUT2D eigenvalue weighted by atomic mass is 32.1. The molecule has 8 nitrogen and oxygen atoms in total. The fraction of sp³-hybridized carbons (Fsp3) is 0.565. The first-order valence-corrected chi connectivity index (χ1v) is 12.2. The summed E-state index contributed by atoms with van der Waals surface area (Å²) in [4.78, 5) is 40.0. The molecule has 0 radical (unpaired) electrons. The van der Waals surface area contributed by atoms with Crippen LogP contribution in [0.3, 0.4) is 0 Å². The number of nitrogens with zero attached hydrogens (tertiary/aromatic N) is 4. The minimum Gasteiger partial charge on any atom is -0.361 e. The smallest absolute Gasteiger partial charge is 0.259 e. The lowest BCUT2D eigenvalue weighted by Crippen LogP contribution is -2.49. The van der Waals surface area contributed by atoms with Gasteiger partial charge in [-0.1, -0.05) is 5.16 Å². The third-order valence-corrected chi connectivity index (χ3v) is 8.01. The first kappa shape index (κ1) is 21.3. The minimum atomic E-state index is -0.266. The van der Waals surface area contributed by atoms with Crippen LogP contribution in [0, 0.1) is 13.8 Å². The predicted molar refractivity (Wildman–Crippen MR) is 123 cm³/mol. The number of hydrogen-bond acceptors (Lipinski definition) is 7. The van der Waals surface area contributed by atoms with Crippen LogP contribution in [-0.4, -0.2) is 57.0 Å². The van der Waals surface area contributed by atoms with E-state index in [0.717, 1.165) is 53.8 Å². The SMILES string of the molecule is Cc1noc(C)c1C(C)C(=O)N1CCN(Cc2nc3sc4c(c3c(=O)[nH]2)CCCC4)CC1. The van der Waals surface area contributed by atoms with Crippen LogP contribution in [0.2, 0.25) is 0 Å². The molecule has 1 fully saturated rings. The molecule has 1 aliphatic carbocycles. The lowest BCUT2D eigenvalue weighted by atomic mass is 9.97. The first-order valence-electron chi connectivity index (χ1n) is 11.4. The largest absolute Gasteiger partial charge is 0.361 e. The van der Waals surface area contributed by atoms with Crippen molar-refractivity contribution >= 4 is 27.5 Å². The van der Waals surface area contributed by atoms with Gasteiger partial charge < -0.3 is 14.4 Å². The maximum atomic E-state index is 13.0. The molecular formula is C23H29N5O3S. The molecule has 0 aromatic carbocycles. The van der Waals surface area contributed by atoms with Gasteiger partial charge in [-0.25, -0.2) is 4.98 Å². The zero-order chi connectivity index (χ0) is 22.4. The Hall–Kier alpha value is -2.52. The van der Waals surface area contributed by atoms with Gasteiger partial charge in [0.05, 0.1) is 23.5 Å². The monoisotopic (exact) mass is 455 g/mol. The van der Waals surface area contributed by atoms with Gasteiger partial charge in [-0.05, 0) is 52.0 Å². The van der Waals surface area contributed by atoms with Crippen LogP contribution in [0.5, 0.6) is 0 Å². The Morgan fingerprint density at radius 1 is 1.19 bits per heavy atom. The molecule has 1 N–H and O–H groups in total. The predicted octanol–water partition coefficient (Wildman–Crippen LogP) is 2.92. The zero-order valence-corrected chi connectivity index (χ0v) is 19.7. The van der Waals surface area contributed by atoms with Crippen molar-refractivity contribution in [2.24, 2.45) is 0 Å². The molecule has 1 saturated heterocycles. The lowest BCUT2D eigenvalue weighted by Gasteiger charge is -2.35. The number of aromatic nitrogens is 3. The highest BCUT2D eigenvalue weighted by Gasteiger charge is 2.29. The van der Waals surface area contributed by atoms with Gasteiger partial charge >= 0.3 is 0 Å². The van der Waals surface area contributed by atoms with E-state index in [1.807, 2.05) is 25.7 Å². The Labute approximate surface area is 190 Å². The Bertz CT molecular complexity index is 1200. The standard InChI is InChI=1S/C23H29N5O3S/c1-13(19-14(2)26-31-15(19)3)23(30)28-10-8-27(9-11-28)12-18-24-21(29)20-16-6-4-5-7-17(16)32-22(20)25-18/h13H,4-12H2,1-3H3,(H,24,25,29). The minimum absolute atomic E-state index is 0.00787. The summed E-state index contributed by atoms with van der Waals surface area (Å²) in [6.45, 7) is 9.07. The summed E-state index contributed by atoms with van der Waals surface area (Å²) in [6, 6.07) is 0. The fourth-order valence-electron chi connectivity index (χ4n) is 5.13. The number of fused-ring (bicyclic) bond motifs is 3. The Balaban J connectivity index is 1.25. The summed E-state index contributed by atoms with van der Waals surface area (Å²) in [7, 11) is 0. The van der Waals surface area contributed by atoms with Crippen LogP contribution >= 0.6 is 11.3 Å². The van der Waals surface area contributed by atoms with E-state index >= 15 is 0 Å². The van der Waals surface area contributed by atoms with Crippen molar-refractivity contribution in [3.8, 4) is 0 Å². The van der Waals surface area contributed by atoms with Crippen molar-refractivity contribution in [2.75, 3.05) is 26.2 Å². The quantitative estimate of drug-likeness (QED) is 0.650. The second kappa shape index (κ2) is 8.44. The van der Waals surface area contributed by atoms with Crippen molar-refractivity contribution in [3.05, 3.63) is 43.6 Å². The summed E-state index contributed by atoms with van der Waals surface area (Å²) in [5, 5.41) is 4.79. The number of aryl methyl sites for hydroxylation is 4. The van der Waals surface area contributed by atoms with Gasteiger partial charge in [0.1, 0.15) is 16.4 Å². The number of thiophene rings is 1. The van der Waals surface area contributed by atoms with Gasteiger partial charge in [-0.15, -0.1) is 11.3 Å². The second-order valence-electron chi connectivity index (χ2n) is 8.96. The molecule has 1 amide bonds. The molecule has 4 heterocycles. The summed E-state index contributed by atoms with van der Waals surface area (Å²) in [6.07, 6.45) is 4.40. The molecule has 3 aromatic rings. The number of carbonyl (C=O) groups is 1. The number of H-pyrrole nitrogens is 1. The number of nitrogens with one attached hydrogen (secondary N) is 1. The van der Waals surface area contributed by atoms with Gasteiger partial charge in [0.25, 0.3) is 5.56 Å². The summed E-state index contributed by atoms with van der Waals surface area (Å²) in [5.74, 6) is 1.27. The molecule has 1 aliphatic heterocycles. The average molecular weight is 456 g/mol.